The van der Waals surface area contributed by atoms with Crippen LogP contribution >= 0.6 is 31.9 Å². The van der Waals surface area contributed by atoms with Crippen molar-refractivity contribution in [3.63, 3.8) is 0 Å². The molecule has 1 unspecified atom stereocenters. The SMILES string of the molecule is [2H]c1c(Br)c([2H])c(C([2H])NC2([2H])C([2H])([2H])C([2H])([2H])C([2H])(O)C([2H])([2H])C2([2H])[2H])c(N)c1Br. The molecular formula is C13H18Br2N2O. The highest BCUT2D eigenvalue weighted by Gasteiger charge is 2.19. The molecule has 0 radical (unpaired) electrons. The Labute approximate surface area is 143 Å². The Balaban J connectivity index is 2.76. The Morgan fingerprint density at radius 1 is 1.50 bits per heavy atom. The maximum Gasteiger partial charge on any atom is 0.0647 e. The van der Waals surface area contributed by atoms with Crippen LogP contribution in [0.1, 0.15) is 48.9 Å². The molecule has 0 saturated heterocycles. The average Bonchev–Trinajstić information content (AvgIpc) is 2.63. The van der Waals surface area contributed by atoms with Gasteiger partial charge < -0.3 is 16.2 Å². The molecule has 0 amide bonds. The molecule has 18 heavy (non-hydrogen) atoms. The third kappa shape index (κ3) is 3.70. The van der Waals surface area contributed by atoms with Crippen LogP contribution < -0.4 is 11.1 Å². The van der Waals surface area contributed by atoms with Crippen molar-refractivity contribution in [1.29, 1.82) is 0 Å². The van der Waals surface area contributed by atoms with Gasteiger partial charge in [0.25, 0.3) is 0 Å². The van der Waals surface area contributed by atoms with E-state index in [1.165, 1.54) is 0 Å². The molecular weight excluding hydrogens is 360 g/mol. The summed E-state index contributed by atoms with van der Waals surface area (Å²) in [5, 5.41) is 12.1. The second kappa shape index (κ2) is 6.37. The van der Waals surface area contributed by atoms with Crippen molar-refractivity contribution in [3.8, 4) is 0 Å². The van der Waals surface area contributed by atoms with E-state index in [9.17, 15) is 5.11 Å². The molecule has 3 nitrogen and oxygen atoms in total. The summed E-state index contributed by atoms with van der Waals surface area (Å²) < 4.78 is 104. The Morgan fingerprint density at radius 2 is 2.17 bits per heavy atom. The maximum absolute atomic E-state index is 10.2. The van der Waals surface area contributed by atoms with Gasteiger partial charge in [-0.1, -0.05) is 15.9 Å². The lowest BCUT2D eigenvalue weighted by atomic mass is 9.93. The van der Waals surface area contributed by atoms with Crippen LogP contribution in [0.5, 0.6) is 0 Å². The molecule has 1 saturated carbocycles. The third-order valence-electron chi connectivity index (χ3n) is 1.96. The summed E-state index contributed by atoms with van der Waals surface area (Å²) in [7, 11) is 0. The van der Waals surface area contributed by atoms with Gasteiger partial charge in [0.15, 0.2) is 0 Å². The zero-order valence-electron chi connectivity index (χ0n) is 21.9. The number of nitrogen functional groups attached to an aromatic ring is 1. The van der Waals surface area contributed by atoms with Crippen molar-refractivity contribution in [2.75, 3.05) is 5.73 Å². The van der Waals surface area contributed by atoms with Gasteiger partial charge in [-0.15, -0.1) is 0 Å². The normalized spacial score (nSPS) is 55.8. The molecule has 0 aliphatic heterocycles. The molecule has 1 aromatic carbocycles. The fourth-order valence-electron chi connectivity index (χ4n) is 1.13. The lowest BCUT2D eigenvalue weighted by molar-refractivity contribution is 0.116. The predicted molar refractivity (Wildman–Crippen MR) is 81.4 cm³/mol. The van der Waals surface area contributed by atoms with Crippen LogP contribution in [0.2, 0.25) is 0 Å². The van der Waals surface area contributed by atoms with Crippen LogP contribution in [0, 0.1) is 0 Å². The molecule has 1 aromatic rings. The Hall–Kier alpha value is -0.100. The van der Waals surface area contributed by atoms with E-state index in [2.05, 4.69) is 31.9 Å². The summed E-state index contributed by atoms with van der Waals surface area (Å²) in [5.41, 5.74) is 5.11. The second-order valence-corrected chi connectivity index (χ2v) is 4.80. The fourth-order valence-corrected chi connectivity index (χ4v) is 2.22. The lowest BCUT2D eigenvalue weighted by Crippen LogP contribution is -2.34. The second-order valence-electron chi connectivity index (χ2n) is 3.22. The Bertz CT molecular complexity index is 864. The van der Waals surface area contributed by atoms with Gasteiger partial charge in [-0.3, -0.25) is 0 Å². The highest BCUT2D eigenvalue weighted by atomic mass is 79.9. The van der Waals surface area contributed by atoms with E-state index in [1.807, 2.05) is 5.32 Å². The minimum absolute atomic E-state index is 0.0516. The van der Waals surface area contributed by atoms with Crippen molar-refractivity contribution in [2.24, 2.45) is 0 Å². The molecule has 100 valence electrons. The predicted octanol–water partition coefficient (Wildman–Crippen LogP) is 3.19. The molecule has 4 N–H and O–H groups in total. The zero-order chi connectivity index (χ0) is 24.7. The zero-order valence-corrected chi connectivity index (χ0v) is 12.0. The first kappa shape index (κ1) is 5.02. The van der Waals surface area contributed by atoms with Gasteiger partial charge in [0.1, 0.15) is 0 Å². The third-order valence-corrected chi connectivity index (χ3v) is 2.99. The highest BCUT2D eigenvalue weighted by molar-refractivity contribution is 9.11. The number of anilines is 1. The van der Waals surface area contributed by atoms with Crippen LogP contribution in [0.25, 0.3) is 0 Å². The molecule has 1 aliphatic carbocycles. The fraction of sp³-hybridized carbons (Fsp3) is 0.538. The van der Waals surface area contributed by atoms with Crippen LogP contribution in [0.4, 0.5) is 5.69 Å². The van der Waals surface area contributed by atoms with E-state index in [-0.39, 0.29) is 20.7 Å². The molecule has 1 aliphatic rings. The number of nitrogens with one attached hydrogen (secondary N) is 1. The van der Waals surface area contributed by atoms with Crippen molar-refractivity contribution in [1.82, 2.24) is 5.32 Å². The molecule has 0 bridgehead atoms. The van der Waals surface area contributed by atoms with Crippen LogP contribution in [-0.2, 0) is 6.52 Å². The van der Waals surface area contributed by atoms with E-state index < -0.39 is 55.7 Å². The first-order valence-electron chi connectivity index (χ1n) is 11.3. The molecule has 0 heterocycles. The monoisotopic (exact) mass is 389 g/mol. The summed E-state index contributed by atoms with van der Waals surface area (Å²) in [5.74, 6) is 0. The van der Waals surface area contributed by atoms with Gasteiger partial charge in [-0.25, -0.2) is 0 Å². The number of hydrogen-bond acceptors (Lipinski definition) is 3. The lowest BCUT2D eigenvalue weighted by Gasteiger charge is -2.26. The van der Waals surface area contributed by atoms with E-state index >= 15 is 0 Å². The quantitative estimate of drug-likeness (QED) is 0.694. The molecule has 1 atom stereocenters. The van der Waals surface area contributed by atoms with Crippen molar-refractivity contribution < 1.29 is 22.9 Å². The minimum Gasteiger partial charge on any atom is -0.398 e. The summed E-state index contributed by atoms with van der Waals surface area (Å²) in [4.78, 5) is 0. The van der Waals surface area contributed by atoms with Crippen LogP contribution in [-0.4, -0.2) is 17.2 Å². The van der Waals surface area contributed by atoms with E-state index in [1.54, 1.807) is 0 Å². The van der Waals surface area contributed by atoms with Crippen molar-refractivity contribution in [2.45, 2.75) is 44.1 Å². The van der Waals surface area contributed by atoms with Crippen molar-refractivity contribution >= 4 is 37.5 Å². The number of halogens is 2. The largest absolute Gasteiger partial charge is 0.398 e. The smallest absolute Gasteiger partial charge is 0.0647 e. The highest BCUT2D eigenvalue weighted by Crippen LogP contribution is 2.28. The Kier molecular flexibility index (Phi) is 1.78. The number of nitrogens with two attached hydrogens (primary N) is 1. The van der Waals surface area contributed by atoms with Gasteiger partial charge >= 0.3 is 0 Å². The maximum atomic E-state index is 10.2. The number of hydrogen-bond donors (Lipinski definition) is 3. The number of aliphatic hydroxyl groups is 1. The first-order chi connectivity index (χ1) is 13.6. The number of rotatable bonds is 3. The van der Waals surface area contributed by atoms with E-state index in [0.29, 0.717) is 0 Å². The summed E-state index contributed by atoms with van der Waals surface area (Å²) in [6.45, 7) is -2.06. The molecule has 2 rings (SSSR count). The summed E-state index contributed by atoms with van der Waals surface area (Å²) in [6.07, 6.45) is -19.1. The van der Waals surface area contributed by atoms with Gasteiger partial charge in [0.05, 0.1) is 15.9 Å². The summed E-state index contributed by atoms with van der Waals surface area (Å²) >= 11 is 5.98. The van der Waals surface area contributed by atoms with Gasteiger partial charge in [-0.2, -0.15) is 0 Å². The molecule has 0 aromatic heterocycles. The van der Waals surface area contributed by atoms with Crippen molar-refractivity contribution in [3.05, 3.63) is 26.6 Å². The Morgan fingerprint density at radius 3 is 2.83 bits per heavy atom. The van der Waals surface area contributed by atoms with Crippen LogP contribution in [0.15, 0.2) is 21.0 Å². The van der Waals surface area contributed by atoms with E-state index in [4.69, 9.17) is 23.6 Å². The first-order valence-corrected chi connectivity index (χ1v) is 6.30. The molecule has 5 heteroatoms. The summed E-state index contributed by atoms with van der Waals surface area (Å²) in [6, 6.07) is -4.33. The van der Waals surface area contributed by atoms with E-state index in [0.717, 1.165) is 0 Å². The average molecular weight is 391 g/mol. The topological polar surface area (TPSA) is 58.3 Å². The minimum atomic E-state index is -3.94. The molecule has 1 fully saturated rings. The van der Waals surface area contributed by atoms with Gasteiger partial charge in [0.2, 0.25) is 0 Å². The van der Waals surface area contributed by atoms with Crippen LogP contribution in [0.3, 0.4) is 0 Å². The van der Waals surface area contributed by atoms with Gasteiger partial charge in [-0.05, 0) is 59.1 Å². The van der Waals surface area contributed by atoms with Gasteiger partial charge in [0, 0.05) is 35.2 Å². The number of benzene rings is 1. The standard InChI is InChI=1S/C13H18Br2N2O/c14-9-5-8(13(16)12(15)6-9)7-17-10-1-3-11(18)4-2-10/h5-6,10-11,17-18H,1-4,7,16H2/i1D2,2D2,3D2,4D2,5D,6D,7D,10D,11D. The molecule has 0 spiro atoms.